The number of methoxy groups -OCH3 is 1. The van der Waals surface area contributed by atoms with E-state index in [0.717, 1.165) is 30.4 Å². The normalized spacial score (nSPS) is 10.3. The Kier molecular flexibility index (Phi) is 4.26. The average Bonchev–Trinajstić information content (AvgIpc) is 2.46. The SMILES string of the molecule is COCCc1ccc(-c2ccc(C=O)cc2)cc1. The van der Waals surface area contributed by atoms with E-state index in [0.29, 0.717) is 5.56 Å². The van der Waals surface area contributed by atoms with Crippen LogP contribution >= 0.6 is 0 Å². The largest absolute Gasteiger partial charge is 0.384 e. The van der Waals surface area contributed by atoms with Gasteiger partial charge < -0.3 is 4.74 Å². The van der Waals surface area contributed by atoms with Gasteiger partial charge in [-0.2, -0.15) is 0 Å². The Hall–Kier alpha value is -1.93. The third-order valence-corrected chi connectivity index (χ3v) is 2.93. The third kappa shape index (κ3) is 3.05. The molecule has 0 aromatic heterocycles. The van der Waals surface area contributed by atoms with Crippen molar-refractivity contribution in [1.29, 1.82) is 0 Å². The van der Waals surface area contributed by atoms with Crippen LogP contribution < -0.4 is 0 Å². The molecular weight excluding hydrogens is 224 g/mol. The van der Waals surface area contributed by atoms with Gasteiger partial charge in [0, 0.05) is 12.7 Å². The van der Waals surface area contributed by atoms with Crippen LogP contribution in [0.1, 0.15) is 15.9 Å². The van der Waals surface area contributed by atoms with Crippen LogP contribution in [0.3, 0.4) is 0 Å². The first-order chi connectivity index (χ1) is 8.83. The topological polar surface area (TPSA) is 26.3 Å². The molecule has 0 aliphatic heterocycles. The fraction of sp³-hybridized carbons (Fsp3) is 0.188. The Bertz CT molecular complexity index is 498. The minimum absolute atomic E-state index is 0.704. The van der Waals surface area contributed by atoms with Gasteiger partial charge in [0.05, 0.1) is 6.61 Å². The van der Waals surface area contributed by atoms with Crippen molar-refractivity contribution in [3.8, 4) is 11.1 Å². The molecule has 0 aliphatic rings. The molecule has 0 heterocycles. The molecule has 2 heteroatoms. The van der Waals surface area contributed by atoms with Crippen LogP contribution in [-0.4, -0.2) is 20.0 Å². The molecule has 2 aromatic carbocycles. The fourth-order valence-electron chi connectivity index (χ4n) is 1.84. The molecule has 0 unspecified atom stereocenters. The summed E-state index contributed by atoms with van der Waals surface area (Å²) in [6.45, 7) is 0.743. The van der Waals surface area contributed by atoms with Crippen molar-refractivity contribution in [2.45, 2.75) is 6.42 Å². The zero-order valence-electron chi connectivity index (χ0n) is 10.4. The second-order valence-electron chi connectivity index (χ2n) is 4.18. The first-order valence-electron chi connectivity index (χ1n) is 5.97. The molecule has 0 fully saturated rings. The lowest BCUT2D eigenvalue weighted by Gasteiger charge is -2.04. The number of hydrogen-bond acceptors (Lipinski definition) is 2. The van der Waals surface area contributed by atoms with Crippen molar-refractivity contribution >= 4 is 6.29 Å². The van der Waals surface area contributed by atoms with E-state index >= 15 is 0 Å². The molecule has 0 bridgehead atoms. The van der Waals surface area contributed by atoms with Gasteiger partial charge in [0.15, 0.2) is 0 Å². The van der Waals surface area contributed by atoms with Crippen LogP contribution in [0.15, 0.2) is 48.5 Å². The maximum atomic E-state index is 10.6. The quantitative estimate of drug-likeness (QED) is 0.749. The Morgan fingerprint density at radius 1 is 0.944 bits per heavy atom. The summed E-state index contributed by atoms with van der Waals surface area (Å²) in [5, 5.41) is 0. The number of rotatable bonds is 5. The molecule has 0 N–H and O–H groups in total. The van der Waals surface area contributed by atoms with Gasteiger partial charge in [-0.3, -0.25) is 4.79 Å². The standard InChI is InChI=1S/C16H16O2/c1-18-11-10-13-2-6-15(7-3-13)16-8-4-14(12-17)5-9-16/h2-9,12H,10-11H2,1H3. The predicted octanol–water partition coefficient (Wildman–Crippen LogP) is 3.36. The van der Waals surface area contributed by atoms with Crippen molar-refractivity contribution in [2.75, 3.05) is 13.7 Å². The highest BCUT2D eigenvalue weighted by Crippen LogP contribution is 2.20. The number of benzene rings is 2. The second-order valence-corrected chi connectivity index (χ2v) is 4.18. The van der Waals surface area contributed by atoms with Crippen LogP contribution in [0.25, 0.3) is 11.1 Å². The van der Waals surface area contributed by atoms with Crippen molar-refractivity contribution in [1.82, 2.24) is 0 Å². The lowest BCUT2D eigenvalue weighted by Crippen LogP contribution is -1.93. The van der Waals surface area contributed by atoms with E-state index in [1.807, 2.05) is 24.3 Å². The molecular formula is C16H16O2. The van der Waals surface area contributed by atoms with E-state index in [1.54, 1.807) is 7.11 Å². The number of carbonyl (C=O) groups is 1. The minimum atomic E-state index is 0.704. The Morgan fingerprint density at radius 3 is 2.00 bits per heavy atom. The first-order valence-corrected chi connectivity index (χ1v) is 5.97. The molecule has 0 radical (unpaired) electrons. The maximum absolute atomic E-state index is 10.6. The highest BCUT2D eigenvalue weighted by molar-refractivity contribution is 5.76. The fourth-order valence-corrected chi connectivity index (χ4v) is 1.84. The van der Waals surface area contributed by atoms with E-state index in [9.17, 15) is 4.79 Å². The summed E-state index contributed by atoms with van der Waals surface area (Å²) in [5.41, 5.74) is 4.26. The number of ether oxygens (including phenoxy) is 1. The number of hydrogen-bond donors (Lipinski definition) is 0. The molecule has 0 atom stereocenters. The van der Waals surface area contributed by atoms with Crippen LogP contribution in [0.5, 0.6) is 0 Å². The van der Waals surface area contributed by atoms with Crippen molar-refractivity contribution in [3.05, 3.63) is 59.7 Å². The van der Waals surface area contributed by atoms with E-state index in [2.05, 4.69) is 24.3 Å². The Morgan fingerprint density at radius 2 is 1.50 bits per heavy atom. The van der Waals surface area contributed by atoms with E-state index in [-0.39, 0.29) is 0 Å². The zero-order valence-corrected chi connectivity index (χ0v) is 10.4. The lowest BCUT2D eigenvalue weighted by atomic mass is 10.0. The van der Waals surface area contributed by atoms with Crippen LogP contribution in [-0.2, 0) is 11.2 Å². The average molecular weight is 240 g/mol. The van der Waals surface area contributed by atoms with Crippen molar-refractivity contribution in [2.24, 2.45) is 0 Å². The van der Waals surface area contributed by atoms with Gasteiger partial charge in [-0.05, 0) is 23.1 Å². The lowest BCUT2D eigenvalue weighted by molar-refractivity contribution is 0.112. The highest BCUT2D eigenvalue weighted by Gasteiger charge is 1.98. The summed E-state index contributed by atoms with van der Waals surface area (Å²) < 4.78 is 5.05. The van der Waals surface area contributed by atoms with E-state index < -0.39 is 0 Å². The third-order valence-electron chi connectivity index (χ3n) is 2.93. The molecule has 0 saturated heterocycles. The maximum Gasteiger partial charge on any atom is 0.150 e. The van der Waals surface area contributed by atoms with Crippen LogP contribution in [0, 0.1) is 0 Å². The van der Waals surface area contributed by atoms with Gasteiger partial charge in [-0.25, -0.2) is 0 Å². The molecule has 0 aliphatic carbocycles. The summed E-state index contributed by atoms with van der Waals surface area (Å²) in [6, 6.07) is 16.0. The van der Waals surface area contributed by atoms with Gasteiger partial charge in [0.1, 0.15) is 6.29 Å². The highest BCUT2D eigenvalue weighted by atomic mass is 16.5. The molecule has 0 saturated carbocycles. The van der Waals surface area contributed by atoms with E-state index in [1.165, 1.54) is 5.56 Å². The van der Waals surface area contributed by atoms with Gasteiger partial charge in [0.25, 0.3) is 0 Å². The Balaban J connectivity index is 2.14. The molecule has 2 rings (SSSR count). The van der Waals surface area contributed by atoms with Gasteiger partial charge >= 0.3 is 0 Å². The van der Waals surface area contributed by atoms with Gasteiger partial charge in [-0.15, -0.1) is 0 Å². The number of aldehydes is 1. The summed E-state index contributed by atoms with van der Waals surface area (Å²) in [4.78, 5) is 10.6. The molecule has 92 valence electrons. The smallest absolute Gasteiger partial charge is 0.150 e. The van der Waals surface area contributed by atoms with Crippen molar-refractivity contribution < 1.29 is 9.53 Å². The molecule has 0 spiro atoms. The monoisotopic (exact) mass is 240 g/mol. The molecule has 2 aromatic rings. The van der Waals surface area contributed by atoms with Gasteiger partial charge in [-0.1, -0.05) is 48.5 Å². The predicted molar refractivity (Wildman–Crippen MR) is 72.8 cm³/mol. The zero-order chi connectivity index (χ0) is 12.8. The number of carbonyl (C=O) groups excluding carboxylic acids is 1. The summed E-state index contributed by atoms with van der Waals surface area (Å²) in [5.74, 6) is 0. The first kappa shape index (κ1) is 12.5. The van der Waals surface area contributed by atoms with E-state index in [4.69, 9.17) is 4.74 Å². The molecule has 2 nitrogen and oxygen atoms in total. The minimum Gasteiger partial charge on any atom is -0.384 e. The summed E-state index contributed by atoms with van der Waals surface area (Å²) in [7, 11) is 1.71. The van der Waals surface area contributed by atoms with Gasteiger partial charge in [0.2, 0.25) is 0 Å². The van der Waals surface area contributed by atoms with Crippen molar-refractivity contribution in [3.63, 3.8) is 0 Å². The van der Waals surface area contributed by atoms with Crippen LogP contribution in [0.2, 0.25) is 0 Å². The Labute approximate surface area is 107 Å². The van der Waals surface area contributed by atoms with Crippen LogP contribution in [0.4, 0.5) is 0 Å². The summed E-state index contributed by atoms with van der Waals surface area (Å²) in [6.07, 6.45) is 1.79. The summed E-state index contributed by atoms with van der Waals surface area (Å²) >= 11 is 0. The second kappa shape index (κ2) is 6.12. The molecule has 0 amide bonds. The molecule has 18 heavy (non-hydrogen) atoms.